The van der Waals surface area contributed by atoms with Crippen molar-refractivity contribution < 1.29 is 4.74 Å². The van der Waals surface area contributed by atoms with Crippen LogP contribution in [0.4, 0.5) is 0 Å². The summed E-state index contributed by atoms with van der Waals surface area (Å²) in [5.74, 6) is 0.673. The molecule has 2 heteroatoms. The first-order valence-electron chi connectivity index (χ1n) is 5.67. The van der Waals surface area contributed by atoms with E-state index < -0.39 is 0 Å². The predicted molar refractivity (Wildman–Crippen MR) is 66.6 cm³/mol. The minimum absolute atomic E-state index is 0.179. The highest BCUT2D eigenvalue weighted by molar-refractivity contribution is 4.96. The third kappa shape index (κ3) is 5.10. The third-order valence-corrected chi connectivity index (χ3v) is 2.36. The zero-order valence-electron chi connectivity index (χ0n) is 11.4. The van der Waals surface area contributed by atoms with Crippen molar-refractivity contribution in [1.82, 2.24) is 5.32 Å². The second kappa shape index (κ2) is 4.91. The zero-order valence-corrected chi connectivity index (χ0v) is 11.4. The van der Waals surface area contributed by atoms with Crippen LogP contribution in [0.15, 0.2) is 12.5 Å². The van der Waals surface area contributed by atoms with E-state index >= 15 is 0 Å². The predicted octanol–water partition coefficient (Wildman–Crippen LogP) is 3.54. The van der Waals surface area contributed by atoms with Crippen molar-refractivity contribution in [1.29, 1.82) is 0 Å². The molecule has 0 saturated heterocycles. The van der Waals surface area contributed by atoms with E-state index in [0.29, 0.717) is 18.5 Å². The number of nitrogens with one attached hydrogen (secondary N) is 1. The van der Waals surface area contributed by atoms with E-state index in [9.17, 15) is 0 Å². The van der Waals surface area contributed by atoms with E-state index in [1.54, 1.807) is 0 Å². The van der Waals surface area contributed by atoms with Crippen molar-refractivity contribution in [3.8, 4) is 0 Å². The second-order valence-electron chi connectivity index (χ2n) is 6.17. The first-order valence-corrected chi connectivity index (χ1v) is 5.67. The lowest BCUT2D eigenvalue weighted by Gasteiger charge is -2.41. The van der Waals surface area contributed by atoms with Gasteiger partial charge in [-0.3, -0.25) is 0 Å². The highest BCUT2D eigenvalue weighted by Gasteiger charge is 2.35. The number of ether oxygens (including phenoxy) is 1. The third-order valence-electron chi connectivity index (χ3n) is 2.36. The van der Waals surface area contributed by atoms with E-state index in [4.69, 9.17) is 4.74 Å². The monoisotopic (exact) mass is 213 g/mol. The van der Waals surface area contributed by atoms with E-state index in [2.05, 4.69) is 53.4 Å². The fraction of sp³-hybridized carbons (Fsp3) is 0.846. The molecule has 0 amide bonds. The Morgan fingerprint density at radius 3 is 1.80 bits per heavy atom. The number of hydrogen-bond acceptors (Lipinski definition) is 2. The molecule has 0 heterocycles. The van der Waals surface area contributed by atoms with Gasteiger partial charge in [0.05, 0.1) is 6.61 Å². The maximum Gasteiger partial charge on any atom is 0.179 e. The quantitative estimate of drug-likeness (QED) is 0.721. The molecule has 90 valence electrons. The molecule has 0 rings (SSSR count). The summed E-state index contributed by atoms with van der Waals surface area (Å²) in [5.41, 5.74) is 0.358. The van der Waals surface area contributed by atoms with Crippen LogP contribution in [0.2, 0.25) is 0 Å². The molecule has 15 heavy (non-hydrogen) atoms. The summed E-state index contributed by atoms with van der Waals surface area (Å²) < 4.78 is 5.36. The van der Waals surface area contributed by atoms with E-state index in [1.807, 2.05) is 6.92 Å². The van der Waals surface area contributed by atoms with Gasteiger partial charge in [-0.15, -0.1) is 0 Å². The van der Waals surface area contributed by atoms with Gasteiger partial charge in [-0.25, -0.2) is 0 Å². The van der Waals surface area contributed by atoms with Crippen molar-refractivity contribution in [2.24, 2.45) is 10.8 Å². The normalized spacial score (nSPS) is 12.8. The average molecular weight is 213 g/mol. The molecule has 2 nitrogen and oxygen atoms in total. The smallest absolute Gasteiger partial charge is 0.179 e. The molecule has 0 aromatic carbocycles. The lowest BCUT2D eigenvalue weighted by atomic mass is 9.72. The molecule has 0 aromatic rings. The van der Waals surface area contributed by atoms with Gasteiger partial charge in [0.2, 0.25) is 0 Å². The van der Waals surface area contributed by atoms with Crippen LogP contribution in [-0.2, 0) is 4.74 Å². The van der Waals surface area contributed by atoms with Crippen molar-refractivity contribution in [3.05, 3.63) is 12.5 Å². The van der Waals surface area contributed by atoms with Gasteiger partial charge >= 0.3 is 0 Å². The number of rotatable bonds is 4. The van der Waals surface area contributed by atoms with E-state index in [1.165, 1.54) is 0 Å². The maximum atomic E-state index is 5.36. The summed E-state index contributed by atoms with van der Waals surface area (Å²) in [7, 11) is 0. The van der Waals surface area contributed by atoms with E-state index in [0.717, 1.165) is 0 Å². The van der Waals surface area contributed by atoms with Crippen molar-refractivity contribution in [3.63, 3.8) is 0 Å². The maximum absolute atomic E-state index is 5.36. The molecule has 0 aromatic heterocycles. The van der Waals surface area contributed by atoms with Crippen molar-refractivity contribution in [2.75, 3.05) is 6.61 Å². The summed E-state index contributed by atoms with van der Waals surface area (Å²) in [4.78, 5) is 0. The van der Waals surface area contributed by atoms with Gasteiger partial charge < -0.3 is 10.1 Å². The topological polar surface area (TPSA) is 21.3 Å². The van der Waals surface area contributed by atoms with Crippen molar-refractivity contribution in [2.45, 2.75) is 54.5 Å². The van der Waals surface area contributed by atoms with Crippen LogP contribution < -0.4 is 5.32 Å². The molecule has 1 N–H and O–H groups in total. The summed E-state index contributed by atoms with van der Waals surface area (Å²) in [6.45, 7) is 19.9. The van der Waals surface area contributed by atoms with Crippen molar-refractivity contribution >= 4 is 0 Å². The molecule has 0 unspecified atom stereocenters. The Balaban J connectivity index is 4.62. The highest BCUT2D eigenvalue weighted by atomic mass is 16.5. The highest BCUT2D eigenvalue weighted by Crippen LogP contribution is 2.33. The second-order valence-corrected chi connectivity index (χ2v) is 6.17. The zero-order chi connectivity index (χ0) is 12.3. The molecule has 0 aliphatic carbocycles. The Hall–Kier alpha value is -0.660. The Labute approximate surface area is 95.1 Å². The minimum Gasteiger partial charge on any atom is -0.480 e. The summed E-state index contributed by atoms with van der Waals surface area (Å²) in [6, 6.07) is 0.337. The number of hydrogen-bond donors (Lipinski definition) is 1. The van der Waals surface area contributed by atoms with Crippen LogP contribution in [0.3, 0.4) is 0 Å². The minimum atomic E-state index is 0.179. The molecule has 0 atom stereocenters. The molecule has 0 bridgehead atoms. The van der Waals surface area contributed by atoms with Crippen LogP contribution >= 0.6 is 0 Å². The Kier molecular flexibility index (Phi) is 4.69. The fourth-order valence-electron chi connectivity index (χ4n) is 2.11. The van der Waals surface area contributed by atoms with Gasteiger partial charge in [0.1, 0.15) is 0 Å². The molecule has 0 aliphatic heterocycles. The molecule has 0 saturated carbocycles. The van der Waals surface area contributed by atoms with Crippen LogP contribution in [0.1, 0.15) is 48.5 Å². The van der Waals surface area contributed by atoms with Crippen LogP contribution in [0.5, 0.6) is 0 Å². The molecule has 0 radical (unpaired) electrons. The first-order chi connectivity index (χ1) is 6.59. The Morgan fingerprint density at radius 1 is 1.13 bits per heavy atom. The van der Waals surface area contributed by atoms with Crippen LogP contribution in [-0.4, -0.2) is 12.6 Å². The largest absolute Gasteiger partial charge is 0.480 e. The van der Waals surface area contributed by atoms with Crippen LogP contribution in [0, 0.1) is 10.8 Å². The summed E-state index contributed by atoms with van der Waals surface area (Å²) in [6.07, 6.45) is 0. The molecule has 0 spiro atoms. The van der Waals surface area contributed by atoms with Gasteiger partial charge in [0.15, 0.2) is 5.88 Å². The van der Waals surface area contributed by atoms with Gasteiger partial charge in [-0.2, -0.15) is 0 Å². The van der Waals surface area contributed by atoms with Gasteiger partial charge in [-0.1, -0.05) is 41.5 Å². The molecule has 0 aliphatic rings. The molecule has 0 fully saturated rings. The van der Waals surface area contributed by atoms with Gasteiger partial charge in [0, 0.05) is 6.04 Å². The lowest BCUT2D eigenvalue weighted by molar-refractivity contribution is 0.110. The molecular weight excluding hydrogens is 186 g/mol. The van der Waals surface area contributed by atoms with Crippen LogP contribution in [0.25, 0.3) is 0 Å². The average Bonchev–Trinajstić information content (AvgIpc) is 1.96. The first kappa shape index (κ1) is 14.3. The summed E-state index contributed by atoms with van der Waals surface area (Å²) in [5, 5.41) is 3.38. The van der Waals surface area contributed by atoms with E-state index in [-0.39, 0.29) is 10.8 Å². The van der Waals surface area contributed by atoms with Gasteiger partial charge in [0.25, 0.3) is 0 Å². The lowest BCUT2D eigenvalue weighted by Crippen LogP contribution is -2.49. The Morgan fingerprint density at radius 2 is 1.53 bits per heavy atom. The fourth-order valence-corrected chi connectivity index (χ4v) is 2.11. The summed E-state index contributed by atoms with van der Waals surface area (Å²) >= 11 is 0. The standard InChI is InChI=1S/C13H27NO/c1-9-15-10(2)14-11(12(3,4)5)13(6,7)8/h11,14H,2,9H2,1,3-8H3. The molecular formula is C13H27NO. The SMILES string of the molecule is C=C(NC(C(C)(C)C)C(C)(C)C)OCC. The Bertz CT molecular complexity index is 194. The van der Waals surface area contributed by atoms with Gasteiger partial charge in [-0.05, 0) is 24.3 Å².